The molecule has 122 valence electrons. The monoisotopic (exact) mass is 354 g/mol. The van der Waals surface area contributed by atoms with E-state index in [1.807, 2.05) is 50.2 Å². The zero-order valence-electron chi connectivity index (χ0n) is 13.9. The van der Waals surface area contributed by atoms with Gasteiger partial charge < -0.3 is 10.3 Å². The summed E-state index contributed by atoms with van der Waals surface area (Å²) in [7, 11) is 0. The molecular formula is C20H19ClN2S. The molecule has 0 spiro atoms. The molecule has 1 aromatic heterocycles. The molecule has 0 atom stereocenters. The first kappa shape index (κ1) is 16.7. The smallest absolute Gasteiger partial charge is 0.0702 e. The molecule has 0 fully saturated rings. The Hall–Kier alpha value is -2.10. The first-order valence-electron chi connectivity index (χ1n) is 7.79. The van der Waals surface area contributed by atoms with Gasteiger partial charge >= 0.3 is 0 Å². The molecular weight excluding hydrogens is 336 g/mol. The number of hydrogen-bond donors (Lipinski definition) is 2. The highest BCUT2D eigenvalue weighted by Gasteiger charge is 2.13. The van der Waals surface area contributed by atoms with Crippen LogP contribution in [0.1, 0.15) is 28.1 Å². The summed E-state index contributed by atoms with van der Waals surface area (Å²) in [5.74, 6) is 0. The molecule has 1 heterocycles. The third kappa shape index (κ3) is 3.37. The summed E-state index contributed by atoms with van der Waals surface area (Å²) in [5.41, 5.74) is 7.26. The van der Waals surface area contributed by atoms with E-state index in [4.69, 9.17) is 23.8 Å². The molecule has 0 saturated carbocycles. The number of thiocarbonyl (C=S) groups is 1. The van der Waals surface area contributed by atoms with Crippen molar-refractivity contribution in [2.75, 3.05) is 5.32 Å². The second-order valence-electron chi connectivity index (χ2n) is 5.97. The molecule has 2 aromatic carbocycles. The summed E-state index contributed by atoms with van der Waals surface area (Å²) in [4.78, 5) is 4.06. The van der Waals surface area contributed by atoms with Gasteiger partial charge in [0.15, 0.2) is 0 Å². The molecule has 24 heavy (non-hydrogen) atoms. The normalized spacial score (nSPS) is 10.7. The zero-order chi connectivity index (χ0) is 17.3. The lowest BCUT2D eigenvalue weighted by Crippen LogP contribution is -2.04. The Morgan fingerprint density at radius 3 is 2.38 bits per heavy atom. The molecule has 3 aromatic rings. The van der Waals surface area contributed by atoms with Gasteiger partial charge in [-0.2, -0.15) is 0 Å². The summed E-state index contributed by atoms with van der Waals surface area (Å²) in [6.07, 6.45) is 0. The number of anilines is 2. The molecule has 0 bridgehead atoms. The molecule has 0 aliphatic carbocycles. The predicted molar refractivity (Wildman–Crippen MR) is 107 cm³/mol. The minimum atomic E-state index is 0.644. The number of aromatic nitrogens is 1. The maximum Gasteiger partial charge on any atom is 0.0702 e. The minimum absolute atomic E-state index is 0.644. The highest BCUT2D eigenvalue weighted by atomic mass is 35.5. The molecule has 0 radical (unpaired) electrons. The molecule has 2 N–H and O–H groups in total. The van der Waals surface area contributed by atoms with Gasteiger partial charge in [-0.3, -0.25) is 0 Å². The Morgan fingerprint density at radius 1 is 1.00 bits per heavy atom. The van der Waals surface area contributed by atoms with E-state index >= 15 is 0 Å². The van der Waals surface area contributed by atoms with Gasteiger partial charge in [0, 0.05) is 22.6 Å². The highest BCUT2D eigenvalue weighted by Crippen LogP contribution is 2.28. The van der Waals surface area contributed by atoms with Crippen molar-refractivity contribution < 1.29 is 0 Å². The van der Waals surface area contributed by atoms with Gasteiger partial charge in [0.2, 0.25) is 0 Å². The van der Waals surface area contributed by atoms with E-state index < -0.39 is 0 Å². The van der Waals surface area contributed by atoms with Crippen LogP contribution in [0.5, 0.6) is 0 Å². The summed E-state index contributed by atoms with van der Waals surface area (Å²) in [5, 5.41) is 4.04. The number of benzene rings is 2. The van der Waals surface area contributed by atoms with Crippen LogP contribution in [0.25, 0.3) is 0 Å². The predicted octanol–water partition coefficient (Wildman–Crippen LogP) is 6.10. The van der Waals surface area contributed by atoms with E-state index in [1.54, 1.807) is 0 Å². The average Bonchev–Trinajstić information content (AvgIpc) is 2.88. The van der Waals surface area contributed by atoms with Crippen molar-refractivity contribution in [3.05, 3.63) is 81.6 Å². The van der Waals surface area contributed by atoms with Crippen molar-refractivity contribution in [2.24, 2.45) is 0 Å². The summed E-state index contributed by atoms with van der Waals surface area (Å²) in [6.45, 7) is 6.15. The molecule has 3 rings (SSSR count). The lowest BCUT2D eigenvalue weighted by atomic mass is 10.1. The van der Waals surface area contributed by atoms with Crippen LogP contribution in [0.3, 0.4) is 0 Å². The molecule has 0 saturated heterocycles. The van der Waals surface area contributed by atoms with Gasteiger partial charge in [-0.25, -0.2) is 0 Å². The zero-order valence-corrected chi connectivity index (χ0v) is 15.5. The molecule has 0 aliphatic heterocycles. The van der Waals surface area contributed by atoms with Crippen LogP contribution in [0.4, 0.5) is 11.4 Å². The van der Waals surface area contributed by atoms with Crippen LogP contribution in [0.15, 0.2) is 48.5 Å². The van der Waals surface area contributed by atoms with Crippen LogP contribution < -0.4 is 5.32 Å². The lowest BCUT2D eigenvalue weighted by Gasteiger charge is -2.12. The first-order valence-corrected chi connectivity index (χ1v) is 8.57. The summed E-state index contributed by atoms with van der Waals surface area (Å²) in [6, 6.07) is 16.1. The number of aromatic amines is 1. The van der Waals surface area contributed by atoms with Gasteiger partial charge in [0.05, 0.1) is 15.6 Å². The van der Waals surface area contributed by atoms with Gasteiger partial charge in [-0.1, -0.05) is 42.0 Å². The molecule has 0 aliphatic rings. The number of rotatable bonds is 4. The van der Waals surface area contributed by atoms with Gasteiger partial charge in [0.25, 0.3) is 0 Å². The van der Waals surface area contributed by atoms with Crippen molar-refractivity contribution in [1.82, 2.24) is 4.98 Å². The number of H-pyrrole nitrogens is 1. The van der Waals surface area contributed by atoms with Crippen LogP contribution in [-0.2, 0) is 0 Å². The Balaban J connectivity index is 1.89. The standard InChI is InChI=1S/C20H19ClN2S/c1-12-6-4-5-7-18(12)23-15-8-9-16(17(21)11-15)20(24)19-13(2)10-14(3)22-19/h4-11,22-23H,1-3H3. The fraction of sp³-hybridized carbons (Fsp3) is 0.150. The van der Waals surface area contributed by atoms with E-state index in [0.717, 1.165) is 38.8 Å². The number of aryl methyl sites for hydroxylation is 3. The second kappa shape index (κ2) is 6.80. The van der Waals surface area contributed by atoms with Crippen molar-refractivity contribution >= 4 is 40.1 Å². The largest absolute Gasteiger partial charge is 0.358 e. The number of nitrogens with one attached hydrogen (secondary N) is 2. The quantitative estimate of drug-likeness (QED) is 0.437. The molecule has 2 nitrogen and oxygen atoms in total. The summed E-state index contributed by atoms with van der Waals surface area (Å²) >= 11 is 12.1. The van der Waals surface area contributed by atoms with E-state index in [0.29, 0.717) is 5.02 Å². The fourth-order valence-electron chi connectivity index (χ4n) is 2.74. The highest BCUT2D eigenvalue weighted by molar-refractivity contribution is 7.81. The van der Waals surface area contributed by atoms with E-state index in [-0.39, 0.29) is 0 Å². The van der Waals surface area contributed by atoms with E-state index in [9.17, 15) is 0 Å². The third-order valence-corrected chi connectivity index (χ3v) is 4.75. The number of hydrogen-bond acceptors (Lipinski definition) is 2. The molecule has 0 unspecified atom stereocenters. The number of halogens is 1. The fourth-order valence-corrected chi connectivity index (χ4v) is 3.47. The Labute approximate surface area is 152 Å². The number of para-hydroxylation sites is 1. The topological polar surface area (TPSA) is 27.8 Å². The van der Waals surface area contributed by atoms with Gasteiger partial charge in [-0.15, -0.1) is 0 Å². The van der Waals surface area contributed by atoms with Crippen LogP contribution in [0, 0.1) is 20.8 Å². The Morgan fingerprint density at radius 2 is 1.75 bits per heavy atom. The van der Waals surface area contributed by atoms with E-state index in [2.05, 4.69) is 29.4 Å². The maximum atomic E-state index is 6.50. The minimum Gasteiger partial charge on any atom is -0.358 e. The Bertz CT molecular complexity index is 912. The first-order chi connectivity index (χ1) is 11.5. The van der Waals surface area contributed by atoms with Crippen molar-refractivity contribution in [3.8, 4) is 0 Å². The third-order valence-electron chi connectivity index (χ3n) is 4.01. The van der Waals surface area contributed by atoms with Gasteiger partial charge in [-0.05, 0) is 62.2 Å². The Kier molecular flexibility index (Phi) is 4.74. The molecule has 0 amide bonds. The van der Waals surface area contributed by atoms with E-state index in [1.165, 1.54) is 5.56 Å². The van der Waals surface area contributed by atoms with Gasteiger partial charge in [0.1, 0.15) is 0 Å². The SMILES string of the molecule is Cc1cc(C)c(C(=S)c2ccc(Nc3ccccc3C)cc2Cl)[nH]1. The van der Waals surface area contributed by atoms with Crippen molar-refractivity contribution in [1.29, 1.82) is 0 Å². The second-order valence-corrected chi connectivity index (χ2v) is 6.79. The van der Waals surface area contributed by atoms with Crippen molar-refractivity contribution in [3.63, 3.8) is 0 Å². The summed E-state index contributed by atoms with van der Waals surface area (Å²) < 4.78 is 0. The van der Waals surface area contributed by atoms with Crippen LogP contribution >= 0.6 is 23.8 Å². The van der Waals surface area contributed by atoms with Crippen LogP contribution in [-0.4, -0.2) is 9.85 Å². The average molecular weight is 355 g/mol. The molecule has 4 heteroatoms. The lowest BCUT2D eigenvalue weighted by molar-refractivity contribution is 1.25. The van der Waals surface area contributed by atoms with Crippen LogP contribution in [0.2, 0.25) is 5.02 Å². The maximum absolute atomic E-state index is 6.50. The van der Waals surface area contributed by atoms with Crippen molar-refractivity contribution in [2.45, 2.75) is 20.8 Å².